The summed E-state index contributed by atoms with van der Waals surface area (Å²) in [4.78, 5) is 14.1. The summed E-state index contributed by atoms with van der Waals surface area (Å²) >= 11 is 0. The number of hydrogen-bond acceptors (Lipinski definition) is 4. The van der Waals surface area contributed by atoms with Crippen LogP contribution in [0.25, 0.3) is 0 Å². The Morgan fingerprint density at radius 3 is 2.41 bits per heavy atom. The first-order valence-electron chi connectivity index (χ1n) is 9.17. The van der Waals surface area contributed by atoms with Crippen molar-refractivity contribution >= 4 is 17.4 Å². The Balaban J connectivity index is 2.20. The van der Waals surface area contributed by atoms with Gasteiger partial charge in [0.05, 0.1) is 6.61 Å². The van der Waals surface area contributed by atoms with Crippen molar-refractivity contribution < 1.29 is 14.3 Å². The van der Waals surface area contributed by atoms with E-state index in [1.807, 2.05) is 30.3 Å². The van der Waals surface area contributed by atoms with Crippen LogP contribution in [0.3, 0.4) is 0 Å². The number of benzene rings is 2. The summed E-state index contributed by atoms with van der Waals surface area (Å²) < 4.78 is 11.3. The smallest absolute Gasteiger partial charge is 0.321 e. The van der Waals surface area contributed by atoms with Gasteiger partial charge in [-0.05, 0) is 55.3 Å². The molecule has 6 heteroatoms. The van der Waals surface area contributed by atoms with Gasteiger partial charge in [0, 0.05) is 37.1 Å². The number of nitrogen functional groups attached to an aromatic ring is 1. The second kappa shape index (κ2) is 9.83. The first-order chi connectivity index (χ1) is 13.0. The van der Waals surface area contributed by atoms with E-state index < -0.39 is 0 Å². The third-order valence-corrected chi connectivity index (χ3v) is 4.46. The van der Waals surface area contributed by atoms with E-state index >= 15 is 0 Å². The number of nitrogens with two attached hydrogens (primary N) is 1. The van der Waals surface area contributed by atoms with Crippen molar-refractivity contribution in [1.29, 1.82) is 0 Å². The lowest BCUT2D eigenvalue weighted by Gasteiger charge is -2.23. The number of nitrogens with one attached hydrogen (secondary N) is 1. The predicted molar refractivity (Wildman–Crippen MR) is 109 cm³/mol. The standard InChI is InChI=1S/C21H29N3O3/c1-5-17(6-2)23-21(25)24(3)18-9-12-20(15(13-18)14-26-4)27-19-10-7-16(22)8-11-19/h7-13,17H,5-6,14,22H2,1-4H3,(H,23,25). The molecular formula is C21H29N3O3. The number of amides is 2. The van der Waals surface area contributed by atoms with Crippen molar-refractivity contribution in [2.75, 3.05) is 24.8 Å². The molecule has 2 rings (SSSR count). The minimum absolute atomic E-state index is 0.126. The normalized spacial score (nSPS) is 10.7. The van der Waals surface area contributed by atoms with E-state index in [9.17, 15) is 4.79 Å². The van der Waals surface area contributed by atoms with Crippen LogP contribution < -0.4 is 20.7 Å². The lowest BCUT2D eigenvalue weighted by Crippen LogP contribution is -2.42. The Kier molecular flexibility index (Phi) is 7.49. The van der Waals surface area contributed by atoms with Gasteiger partial charge >= 0.3 is 6.03 Å². The van der Waals surface area contributed by atoms with Crippen molar-refractivity contribution in [3.8, 4) is 11.5 Å². The van der Waals surface area contributed by atoms with Crippen molar-refractivity contribution in [1.82, 2.24) is 5.32 Å². The van der Waals surface area contributed by atoms with Gasteiger partial charge in [-0.1, -0.05) is 13.8 Å². The lowest BCUT2D eigenvalue weighted by molar-refractivity contribution is 0.182. The van der Waals surface area contributed by atoms with Gasteiger partial charge in [-0.2, -0.15) is 0 Å². The van der Waals surface area contributed by atoms with Gasteiger partial charge in [-0.25, -0.2) is 4.79 Å². The molecule has 0 spiro atoms. The van der Waals surface area contributed by atoms with Crippen LogP contribution in [0.1, 0.15) is 32.3 Å². The zero-order chi connectivity index (χ0) is 19.8. The number of hydrogen-bond donors (Lipinski definition) is 2. The number of rotatable bonds is 8. The lowest BCUT2D eigenvalue weighted by atomic mass is 10.1. The molecule has 3 N–H and O–H groups in total. The van der Waals surface area contributed by atoms with Crippen LogP contribution in [0, 0.1) is 0 Å². The molecule has 27 heavy (non-hydrogen) atoms. The van der Waals surface area contributed by atoms with Gasteiger partial charge < -0.3 is 20.5 Å². The highest BCUT2D eigenvalue weighted by molar-refractivity contribution is 5.91. The van der Waals surface area contributed by atoms with Crippen molar-refractivity contribution in [2.45, 2.75) is 39.3 Å². The van der Waals surface area contributed by atoms with E-state index in [-0.39, 0.29) is 12.1 Å². The first-order valence-corrected chi connectivity index (χ1v) is 9.17. The second-order valence-electron chi connectivity index (χ2n) is 6.42. The zero-order valence-corrected chi connectivity index (χ0v) is 16.5. The molecule has 0 aliphatic carbocycles. The molecule has 0 radical (unpaired) electrons. The average Bonchev–Trinajstić information content (AvgIpc) is 2.68. The van der Waals surface area contributed by atoms with Gasteiger partial charge in [0.25, 0.3) is 0 Å². The van der Waals surface area contributed by atoms with Crippen LogP contribution in [-0.2, 0) is 11.3 Å². The molecule has 0 aliphatic rings. The van der Waals surface area contributed by atoms with Crippen molar-refractivity contribution in [3.05, 3.63) is 48.0 Å². The molecule has 0 fully saturated rings. The number of urea groups is 1. The minimum atomic E-state index is -0.126. The third-order valence-electron chi connectivity index (χ3n) is 4.46. The van der Waals surface area contributed by atoms with Crippen LogP contribution in [0.5, 0.6) is 11.5 Å². The van der Waals surface area contributed by atoms with Crippen LogP contribution >= 0.6 is 0 Å². The Hall–Kier alpha value is -2.73. The first kappa shape index (κ1) is 20.6. The van der Waals surface area contributed by atoms with Crippen LogP contribution in [-0.4, -0.2) is 26.2 Å². The maximum Gasteiger partial charge on any atom is 0.321 e. The molecular weight excluding hydrogens is 342 g/mol. The quantitative estimate of drug-likeness (QED) is 0.668. The Bertz CT molecular complexity index is 743. The predicted octanol–water partition coefficient (Wildman–Crippen LogP) is 4.54. The maximum atomic E-state index is 12.5. The topological polar surface area (TPSA) is 76.8 Å². The summed E-state index contributed by atoms with van der Waals surface area (Å²) in [5.41, 5.74) is 8.02. The molecule has 0 saturated heterocycles. The number of carbonyl (C=O) groups is 1. The molecule has 2 amide bonds. The monoisotopic (exact) mass is 371 g/mol. The number of nitrogens with zero attached hydrogens (tertiary/aromatic N) is 1. The van der Waals surface area contributed by atoms with Gasteiger partial charge in [0.1, 0.15) is 11.5 Å². The molecule has 6 nitrogen and oxygen atoms in total. The average molecular weight is 371 g/mol. The van der Waals surface area contributed by atoms with E-state index in [0.717, 1.165) is 24.1 Å². The highest BCUT2D eigenvalue weighted by Gasteiger charge is 2.16. The van der Waals surface area contributed by atoms with E-state index in [1.54, 1.807) is 31.2 Å². The Morgan fingerprint density at radius 1 is 1.15 bits per heavy atom. The molecule has 0 aliphatic heterocycles. The van der Waals surface area contributed by atoms with Crippen LogP contribution in [0.4, 0.5) is 16.2 Å². The fourth-order valence-electron chi connectivity index (χ4n) is 2.69. The van der Waals surface area contributed by atoms with Gasteiger partial charge in [-0.15, -0.1) is 0 Å². The number of ether oxygens (including phenoxy) is 2. The van der Waals surface area contributed by atoms with E-state index in [0.29, 0.717) is 23.8 Å². The highest BCUT2D eigenvalue weighted by Crippen LogP contribution is 2.30. The largest absolute Gasteiger partial charge is 0.457 e. The molecule has 146 valence electrons. The Labute approximate surface area is 161 Å². The molecule has 2 aromatic carbocycles. The highest BCUT2D eigenvalue weighted by atomic mass is 16.5. The number of methoxy groups -OCH3 is 1. The molecule has 0 saturated carbocycles. The van der Waals surface area contributed by atoms with E-state index in [1.165, 1.54) is 0 Å². The summed E-state index contributed by atoms with van der Waals surface area (Å²) in [6, 6.07) is 12.9. The van der Waals surface area contributed by atoms with Crippen LogP contribution in [0.2, 0.25) is 0 Å². The summed E-state index contributed by atoms with van der Waals surface area (Å²) in [5.74, 6) is 1.37. The fraction of sp³-hybridized carbons (Fsp3) is 0.381. The third kappa shape index (κ3) is 5.62. The molecule has 0 heterocycles. The summed E-state index contributed by atoms with van der Waals surface area (Å²) in [7, 11) is 3.38. The van der Waals surface area contributed by atoms with Gasteiger partial charge in [-0.3, -0.25) is 4.90 Å². The summed E-state index contributed by atoms with van der Waals surface area (Å²) in [6.07, 6.45) is 1.80. The van der Waals surface area contributed by atoms with Crippen molar-refractivity contribution in [3.63, 3.8) is 0 Å². The number of anilines is 2. The van der Waals surface area contributed by atoms with E-state index in [4.69, 9.17) is 15.2 Å². The molecule has 0 bridgehead atoms. The zero-order valence-electron chi connectivity index (χ0n) is 16.5. The molecule has 0 unspecified atom stereocenters. The maximum absolute atomic E-state index is 12.5. The summed E-state index contributed by atoms with van der Waals surface area (Å²) in [6.45, 7) is 4.50. The fourth-order valence-corrected chi connectivity index (χ4v) is 2.69. The van der Waals surface area contributed by atoms with E-state index in [2.05, 4.69) is 19.2 Å². The SMILES string of the molecule is CCC(CC)NC(=O)N(C)c1ccc(Oc2ccc(N)cc2)c(COC)c1. The van der Waals surface area contributed by atoms with Crippen molar-refractivity contribution in [2.24, 2.45) is 0 Å². The molecule has 2 aromatic rings. The summed E-state index contributed by atoms with van der Waals surface area (Å²) in [5, 5.41) is 3.04. The minimum Gasteiger partial charge on any atom is -0.457 e. The Morgan fingerprint density at radius 2 is 1.81 bits per heavy atom. The van der Waals surface area contributed by atoms with Crippen LogP contribution in [0.15, 0.2) is 42.5 Å². The van der Waals surface area contributed by atoms with Gasteiger partial charge in [0.15, 0.2) is 0 Å². The van der Waals surface area contributed by atoms with Gasteiger partial charge in [0.2, 0.25) is 0 Å². The molecule has 0 aromatic heterocycles. The molecule has 0 atom stereocenters. The second-order valence-corrected chi connectivity index (χ2v) is 6.42. The number of carbonyl (C=O) groups excluding carboxylic acids is 1.